The van der Waals surface area contributed by atoms with Crippen LogP contribution in [0.5, 0.6) is 0 Å². The monoisotopic (exact) mass is 510 g/mol. The highest BCUT2D eigenvalue weighted by molar-refractivity contribution is 14.0. The highest BCUT2D eigenvalue weighted by Gasteiger charge is 2.19. The van der Waals surface area contributed by atoms with Gasteiger partial charge in [-0.15, -0.1) is 24.0 Å². The Kier molecular flexibility index (Phi) is 10.6. The van der Waals surface area contributed by atoms with E-state index >= 15 is 0 Å². The molecule has 0 aromatic heterocycles. The second kappa shape index (κ2) is 11.8. The predicted octanol–water partition coefficient (Wildman–Crippen LogP) is 2.04. The number of nitrogens with one attached hydrogen (secondary N) is 2. The number of methoxy groups -OCH3 is 1. The highest BCUT2D eigenvalue weighted by atomic mass is 127. The van der Waals surface area contributed by atoms with Crippen LogP contribution in [0.3, 0.4) is 0 Å². The molecule has 1 aliphatic rings. The van der Waals surface area contributed by atoms with Crippen molar-refractivity contribution in [1.29, 1.82) is 0 Å². The minimum atomic E-state index is -3.49. The number of benzene rings is 1. The summed E-state index contributed by atoms with van der Waals surface area (Å²) in [7, 11) is -0.160. The van der Waals surface area contributed by atoms with Crippen molar-refractivity contribution >= 4 is 40.0 Å². The van der Waals surface area contributed by atoms with Crippen molar-refractivity contribution in [2.75, 3.05) is 40.4 Å². The van der Waals surface area contributed by atoms with Crippen LogP contribution in [0.15, 0.2) is 34.2 Å². The van der Waals surface area contributed by atoms with Gasteiger partial charge in [0.25, 0.3) is 0 Å². The maximum absolute atomic E-state index is 12.2. The first-order valence-corrected chi connectivity index (χ1v) is 10.5. The van der Waals surface area contributed by atoms with Gasteiger partial charge in [0.15, 0.2) is 5.96 Å². The number of ether oxygens (including phenoxy) is 1. The fraction of sp³-hybridized carbons (Fsp3) is 0.611. The van der Waals surface area contributed by atoms with Gasteiger partial charge in [-0.1, -0.05) is 19.1 Å². The lowest BCUT2D eigenvalue weighted by Crippen LogP contribution is -2.45. The van der Waals surface area contributed by atoms with E-state index in [4.69, 9.17) is 4.74 Å². The summed E-state index contributed by atoms with van der Waals surface area (Å²) in [6, 6.07) is 6.89. The Labute approximate surface area is 180 Å². The fourth-order valence-corrected chi connectivity index (χ4v) is 4.06. The molecule has 0 saturated carbocycles. The van der Waals surface area contributed by atoms with Crippen LogP contribution in [0.1, 0.15) is 25.3 Å². The Morgan fingerprint density at radius 3 is 2.63 bits per heavy atom. The number of sulfonamides is 1. The topological polar surface area (TPSA) is 83.0 Å². The Bertz CT molecular complexity index is 695. The van der Waals surface area contributed by atoms with E-state index in [1.807, 2.05) is 12.1 Å². The summed E-state index contributed by atoms with van der Waals surface area (Å²) < 4.78 is 31.7. The summed E-state index contributed by atoms with van der Waals surface area (Å²) in [5.74, 6) is 1.58. The molecule has 2 N–H and O–H groups in total. The molecule has 1 atom stereocenters. The molecule has 0 amide bonds. The molecule has 1 heterocycles. The van der Waals surface area contributed by atoms with E-state index in [0.717, 1.165) is 24.6 Å². The zero-order valence-electron chi connectivity index (χ0n) is 16.3. The molecular weight excluding hydrogens is 479 g/mol. The van der Waals surface area contributed by atoms with Crippen LogP contribution in [0.4, 0.5) is 0 Å². The number of aliphatic imine (C=N–C) groups is 1. The summed E-state index contributed by atoms with van der Waals surface area (Å²) in [5.41, 5.74) is 1.01. The molecule has 27 heavy (non-hydrogen) atoms. The number of nitrogens with zero attached hydrogens (tertiary/aromatic N) is 2. The average Bonchev–Trinajstić information content (AvgIpc) is 2.63. The number of halogens is 1. The first-order chi connectivity index (χ1) is 12.5. The molecular formula is C18H31IN4O3S. The average molecular weight is 510 g/mol. The third-order valence-corrected chi connectivity index (χ3v) is 5.93. The van der Waals surface area contributed by atoms with Gasteiger partial charge in [-0.2, -0.15) is 0 Å². The van der Waals surface area contributed by atoms with Crippen molar-refractivity contribution in [3.63, 3.8) is 0 Å². The molecule has 9 heteroatoms. The molecule has 0 aliphatic carbocycles. The summed E-state index contributed by atoms with van der Waals surface area (Å²) >= 11 is 0. The number of rotatable bonds is 7. The summed E-state index contributed by atoms with van der Waals surface area (Å²) in [6.07, 6.45) is 2.45. The van der Waals surface area contributed by atoms with E-state index in [2.05, 4.69) is 26.9 Å². The van der Waals surface area contributed by atoms with Crippen LogP contribution >= 0.6 is 24.0 Å². The van der Waals surface area contributed by atoms with Crippen molar-refractivity contribution in [2.24, 2.45) is 10.9 Å². The number of hydrogen-bond acceptors (Lipinski definition) is 4. The third-order valence-electron chi connectivity index (χ3n) is 4.45. The van der Waals surface area contributed by atoms with E-state index < -0.39 is 10.0 Å². The quantitative estimate of drug-likeness (QED) is 0.254. The molecule has 1 saturated heterocycles. The second-order valence-electron chi connectivity index (χ2n) is 6.63. The minimum absolute atomic E-state index is 0. The zero-order valence-corrected chi connectivity index (χ0v) is 19.4. The van der Waals surface area contributed by atoms with Crippen LogP contribution in [-0.2, 0) is 21.3 Å². The third kappa shape index (κ3) is 7.55. The molecule has 1 aromatic carbocycles. The van der Waals surface area contributed by atoms with Crippen molar-refractivity contribution in [1.82, 2.24) is 14.9 Å². The van der Waals surface area contributed by atoms with Crippen LogP contribution < -0.4 is 10.0 Å². The molecule has 1 fully saturated rings. The van der Waals surface area contributed by atoms with Crippen molar-refractivity contribution in [2.45, 2.75) is 31.2 Å². The molecule has 154 valence electrons. The molecule has 2 rings (SSSR count). The van der Waals surface area contributed by atoms with Crippen LogP contribution in [0.25, 0.3) is 0 Å². The Hall–Kier alpha value is -0.910. The lowest BCUT2D eigenvalue weighted by molar-refractivity contribution is 0.204. The largest absolute Gasteiger partial charge is 0.383 e. The fourth-order valence-electron chi connectivity index (χ4n) is 3.04. The second-order valence-corrected chi connectivity index (χ2v) is 8.40. The van der Waals surface area contributed by atoms with Gasteiger partial charge in [-0.05, 0) is 36.5 Å². The SMILES string of the molecule is CN=C(NCc1ccc(S(=O)(=O)NCCOC)cc1)N1CCCC(C)C1.I. The summed E-state index contributed by atoms with van der Waals surface area (Å²) in [5, 5.41) is 3.37. The van der Waals surface area contributed by atoms with Crippen LogP contribution in [-0.4, -0.2) is 59.7 Å². The minimum Gasteiger partial charge on any atom is -0.383 e. The molecule has 1 aromatic rings. The van der Waals surface area contributed by atoms with Gasteiger partial charge in [-0.25, -0.2) is 13.1 Å². The molecule has 1 unspecified atom stereocenters. The van der Waals surface area contributed by atoms with Gasteiger partial charge in [0.05, 0.1) is 11.5 Å². The van der Waals surface area contributed by atoms with Gasteiger partial charge >= 0.3 is 0 Å². The van der Waals surface area contributed by atoms with Crippen molar-refractivity contribution < 1.29 is 13.2 Å². The number of piperidine rings is 1. The number of likely N-dealkylation sites (tertiary alicyclic amines) is 1. The van der Waals surface area contributed by atoms with Crippen molar-refractivity contribution in [3.8, 4) is 0 Å². The summed E-state index contributed by atoms with van der Waals surface area (Å²) in [4.78, 5) is 6.91. The molecule has 0 radical (unpaired) electrons. The molecule has 0 spiro atoms. The van der Waals surface area contributed by atoms with E-state index in [0.29, 0.717) is 19.1 Å². The van der Waals surface area contributed by atoms with Crippen molar-refractivity contribution in [3.05, 3.63) is 29.8 Å². The zero-order chi connectivity index (χ0) is 19.0. The van der Waals surface area contributed by atoms with Crippen LogP contribution in [0.2, 0.25) is 0 Å². The Balaban J connectivity index is 0.00000364. The number of guanidine groups is 1. The smallest absolute Gasteiger partial charge is 0.240 e. The van der Waals surface area contributed by atoms with Gasteiger partial charge < -0.3 is 15.0 Å². The van der Waals surface area contributed by atoms with Crippen LogP contribution in [0, 0.1) is 5.92 Å². The van der Waals surface area contributed by atoms with Gasteiger partial charge in [0.2, 0.25) is 10.0 Å². The Morgan fingerprint density at radius 1 is 1.33 bits per heavy atom. The summed E-state index contributed by atoms with van der Waals surface area (Å²) in [6.45, 7) is 5.51. The molecule has 1 aliphatic heterocycles. The standard InChI is InChI=1S/C18H30N4O3S.HI/c1-15-5-4-11-22(14-15)18(19-2)20-13-16-6-8-17(9-7-16)26(23,24)21-10-12-25-3;/h6-9,15,21H,4-5,10-14H2,1-3H3,(H,19,20);1H. The number of hydrogen-bond donors (Lipinski definition) is 2. The maximum atomic E-state index is 12.2. The molecule has 7 nitrogen and oxygen atoms in total. The van der Waals surface area contributed by atoms with E-state index in [9.17, 15) is 8.42 Å². The van der Waals surface area contributed by atoms with Gasteiger partial charge in [0.1, 0.15) is 0 Å². The lowest BCUT2D eigenvalue weighted by atomic mass is 10.0. The van der Waals surface area contributed by atoms with E-state index in [1.165, 1.54) is 20.0 Å². The first kappa shape index (κ1) is 24.1. The maximum Gasteiger partial charge on any atom is 0.240 e. The lowest BCUT2D eigenvalue weighted by Gasteiger charge is -2.33. The van der Waals surface area contributed by atoms with E-state index in [1.54, 1.807) is 19.2 Å². The van der Waals surface area contributed by atoms with Gasteiger partial charge in [0, 0.05) is 40.3 Å². The molecule has 0 bridgehead atoms. The first-order valence-electron chi connectivity index (χ1n) is 8.99. The highest BCUT2D eigenvalue weighted by Crippen LogP contribution is 2.16. The normalized spacial score (nSPS) is 18.1. The van der Waals surface area contributed by atoms with Gasteiger partial charge in [-0.3, -0.25) is 4.99 Å². The predicted molar refractivity (Wildman–Crippen MR) is 119 cm³/mol. The van der Waals surface area contributed by atoms with E-state index in [-0.39, 0.29) is 35.4 Å². The Morgan fingerprint density at radius 2 is 2.04 bits per heavy atom.